The van der Waals surface area contributed by atoms with Crippen LogP contribution in [0, 0.1) is 0 Å². The number of ether oxygens (including phenoxy) is 1. The molecule has 0 aliphatic carbocycles. The van der Waals surface area contributed by atoms with Gasteiger partial charge in [-0.1, -0.05) is 29.8 Å². The van der Waals surface area contributed by atoms with Crippen molar-refractivity contribution in [3.05, 3.63) is 53.1 Å². The van der Waals surface area contributed by atoms with Crippen molar-refractivity contribution >= 4 is 29.2 Å². The minimum Gasteiger partial charge on any atom is -0.459 e. The lowest BCUT2D eigenvalue weighted by molar-refractivity contribution is -0.153. The monoisotopic (exact) mass is 371 g/mol. The molecule has 0 N–H and O–H groups in total. The van der Waals surface area contributed by atoms with Crippen LogP contribution in [-0.2, 0) is 20.7 Å². The molecule has 0 unspecified atom stereocenters. The van der Waals surface area contributed by atoms with Crippen LogP contribution in [0.1, 0.15) is 32.8 Å². The van der Waals surface area contributed by atoms with Crippen LogP contribution in [-0.4, -0.2) is 24.0 Å². The molecule has 0 saturated heterocycles. The molecule has 136 valence electrons. The molecule has 0 atom stereocenters. The summed E-state index contributed by atoms with van der Waals surface area (Å²) in [5.41, 5.74) is 3.39. The number of hydrogen-bond acceptors (Lipinski definition) is 3. The summed E-state index contributed by atoms with van der Waals surface area (Å²) in [6.45, 7) is 5.38. The van der Waals surface area contributed by atoms with Crippen molar-refractivity contribution in [2.75, 3.05) is 11.4 Å². The van der Waals surface area contributed by atoms with Crippen LogP contribution in [0.25, 0.3) is 11.1 Å². The van der Waals surface area contributed by atoms with Crippen LogP contribution in [0.4, 0.5) is 5.69 Å². The second-order valence-electron chi connectivity index (χ2n) is 7.42. The molecule has 0 saturated carbocycles. The molecule has 26 heavy (non-hydrogen) atoms. The quantitative estimate of drug-likeness (QED) is 0.739. The minimum absolute atomic E-state index is 0.0531. The summed E-state index contributed by atoms with van der Waals surface area (Å²) in [5, 5.41) is 0.695. The Bertz CT molecular complexity index is 837. The smallest absolute Gasteiger partial charge is 0.326 e. The summed E-state index contributed by atoms with van der Waals surface area (Å²) in [4.78, 5) is 26.1. The predicted molar refractivity (Wildman–Crippen MR) is 103 cm³/mol. The summed E-state index contributed by atoms with van der Waals surface area (Å²) >= 11 is 5.96. The van der Waals surface area contributed by atoms with Crippen molar-refractivity contribution < 1.29 is 14.3 Å². The van der Waals surface area contributed by atoms with Gasteiger partial charge in [0.25, 0.3) is 0 Å². The fourth-order valence-electron chi connectivity index (χ4n) is 3.06. The molecule has 5 heteroatoms. The molecular weight excluding hydrogens is 350 g/mol. The third kappa shape index (κ3) is 4.25. The molecular formula is C21H22ClNO3. The highest BCUT2D eigenvalue weighted by molar-refractivity contribution is 6.30. The van der Waals surface area contributed by atoms with E-state index in [0.717, 1.165) is 22.4 Å². The van der Waals surface area contributed by atoms with Crippen LogP contribution in [0.15, 0.2) is 42.5 Å². The fraction of sp³-hybridized carbons (Fsp3) is 0.333. The maximum absolute atomic E-state index is 12.4. The number of hydrogen-bond donors (Lipinski definition) is 0. The van der Waals surface area contributed by atoms with E-state index in [1.54, 1.807) is 0 Å². The predicted octanol–water partition coefficient (Wildman–Crippen LogP) is 4.63. The van der Waals surface area contributed by atoms with Gasteiger partial charge in [-0.05, 0) is 68.1 Å². The lowest BCUT2D eigenvalue weighted by atomic mass is 9.96. The van der Waals surface area contributed by atoms with Crippen molar-refractivity contribution in [2.24, 2.45) is 0 Å². The van der Waals surface area contributed by atoms with Crippen LogP contribution < -0.4 is 4.90 Å². The van der Waals surface area contributed by atoms with E-state index in [2.05, 4.69) is 6.07 Å². The van der Waals surface area contributed by atoms with Gasteiger partial charge in [0.1, 0.15) is 12.1 Å². The van der Waals surface area contributed by atoms with E-state index < -0.39 is 11.6 Å². The number of anilines is 1. The van der Waals surface area contributed by atoms with Gasteiger partial charge in [-0.25, -0.2) is 0 Å². The molecule has 0 radical (unpaired) electrons. The molecule has 4 nitrogen and oxygen atoms in total. The fourth-order valence-corrected chi connectivity index (χ4v) is 3.18. The molecule has 2 aromatic carbocycles. The highest BCUT2D eigenvalue weighted by Crippen LogP contribution is 2.32. The summed E-state index contributed by atoms with van der Waals surface area (Å²) < 4.78 is 5.36. The van der Waals surface area contributed by atoms with Gasteiger partial charge in [0.2, 0.25) is 5.91 Å². The van der Waals surface area contributed by atoms with E-state index in [9.17, 15) is 9.59 Å². The first-order valence-electron chi connectivity index (χ1n) is 8.64. The van der Waals surface area contributed by atoms with Crippen molar-refractivity contribution in [3.8, 4) is 11.1 Å². The van der Waals surface area contributed by atoms with Crippen molar-refractivity contribution in [1.29, 1.82) is 0 Å². The lowest BCUT2D eigenvalue weighted by Crippen LogP contribution is -2.41. The number of carbonyl (C=O) groups is 2. The van der Waals surface area contributed by atoms with Gasteiger partial charge in [-0.15, -0.1) is 0 Å². The zero-order chi connectivity index (χ0) is 18.9. The average Bonchev–Trinajstić information content (AvgIpc) is 2.56. The third-order valence-corrected chi connectivity index (χ3v) is 4.42. The highest BCUT2D eigenvalue weighted by Gasteiger charge is 2.28. The van der Waals surface area contributed by atoms with Gasteiger partial charge in [-0.3, -0.25) is 9.59 Å². The summed E-state index contributed by atoms with van der Waals surface area (Å²) in [5.74, 6) is -0.455. The van der Waals surface area contributed by atoms with E-state index in [-0.39, 0.29) is 12.5 Å². The number of rotatable bonds is 3. The topological polar surface area (TPSA) is 46.6 Å². The van der Waals surface area contributed by atoms with E-state index in [0.29, 0.717) is 17.9 Å². The first-order chi connectivity index (χ1) is 12.2. The molecule has 1 aliphatic heterocycles. The largest absolute Gasteiger partial charge is 0.459 e. The minimum atomic E-state index is -0.572. The molecule has 0 fully saturated rings. The normalized spacial score (nSPS) is 14.2. The second kappa shape index (κ2) is 7.12. The number of fused-ring (bicyclic) bond motifs is 1. The second-order valence-corrected chi connectivity index (χ2v) is 7.85. The Hall–Kier alpha value is -2.33. The van der Waals surface area contributed by atoms with Crippen LogP contribution >= 0.6 is 11.6 Å². The molecule has 3 rings (SSSR count). The molecule has 0 aromatic heterocycles. The Kier molecular flexibility index (Phi) is 5.05. The maximum atomic E-state index is 12.4. The Balaban J connectivity index is 1.86. The lowest BCUT2D eigenvalue weighted by Gasteiger charge is -2.30. The standard InChI is InChI=1S/C21H22ClNO3/c1-21(2,3)26-20(25)13-23-18-10-6-15(12-16(18)7-11-19(23)24)14-4-8-17(22)9-5-14/h4-6,8-10,12H,7,11,13H2,1-3H3. The SMILES string of the molecule is CC(C)(C)OC(=O)CN1C(=O)CCc2cc(-c3ccc(Cl)cc3)ccc21. The number of halogens is 1. The molecule has 1 heterocycles. The summed E-state index contributed by atoms with van der Waals surface area (Å²) in [7, 11) is 0. The molecule has 2 aromatic rings. The van der Waals surface area contributed by atoms with Gasteiger partial charge in [-0.2, -0.15) is 0 Å². The number of esters is 1. The number of benzene rings is 2. The van der Waals surface area contributed by atoms with E-state index in [4.69, 9.17) is 16.3 Å². The van der Waals surface area contributed by atoms with E-state index in [1.165, 1.54) is 4.90 Å². The first kappa shape index (κ1) is 18.5. The van der Waals surface area contributed by atoms with Gasteiger partial charge in [0.05, 0.1) is 0 Å². The van der Waals surface area contributed by atoms with E-state index >= 15 is 0 Å². The summed E-state index contributed by atoms with van der Waals surface area (Å²) in [6.07, 6.45) is 1.06. The van der Waals surface area contributed by atoms with Crippen molar-refractivity contribution in [1.82, 2.24) is 0 Å². The number of aryl methyl sites for hydroxylation is 1. The average molecular weight is 372 g/mol. The molecule has 0 spiro atoms. The number of amides is 1. The molecule has 1 amide bonds. The highest BCUT2D eigenvalue weighted by atomic mass is 35.5. The van der Waals surface area contributed by atoms with Crippen molar-refractivity contribution in [3.63, 3.8) is 0 Å². The molecule has 1 aliphatic rings. The van der Waals surface area contributed by atoms with Gasteiger partial charge in [0.15, 0.2) is 0 Å². The number of nitrogens with zero attached hydrogens (tertiary/aromatic N) is 1. The maximum Gasteiger partial charge on any atom is 0.326 e. The molecule has 0 bridgehead atoms. The van der Waals surface area contributed by atoms with Crippen LogP contribution in [0.3, 0.4) is 0 Å². The van der Waals surface area contributed by atoms with Gasteiger partial charge in [0, 0.05) is 17.1 Å². The van der Waals surface area contributed by atoms with Crippen LogP contribution in [0.5, 0.6) is 0 Å². The summed E-state index contributed by atoms with van der Waals surface area (Å²) in [6, 6.07) is 13.6. The third-order valence-electron chi connectivity index (χ3n) is 4.16. The Labute approximate surface area is 158 Å². The Morgan fingerprint density at radius 3 is 2.38 bits per heavy atom. The van der Waals surface area contributed by atoms with Gasteiger partial charge < -0.3 is 9.64 Å². The van der Waals surface area contributed by atoms with Gasteiger partial charge >= 0.3 is 5.97 Å². The van der Waals surface area contributed by atoms with Crippen LogP contribution in [0.2, 0.25) is 5.02 Å². The Morgan fingerprint density at radius 1 is 1.08 bits per heavy atom. The Morgan fingerprint density at radius 2 is 1.73 bits per heavy atom. The van der Waals surface area contributed by atoms with Crippen molar-refractivity contribution in [2.45, 2.75) is 39.2 Å². The number of carbonyl (C=O) groups excluding carboxylic acids is 2. The zero-order valence-corrected chi connectivity index (χ0v) is 16.0. The van der Waals surface area contributed by atoms with E-state index in [1.807, 2.05) is 57.2 Å². The zero-order valence-electron chi connectivity index (χ0n) is 15.2. The first-order valence-corrected chi connectivity index (χ1v) is 9.02.